The number of hydrogen-bond donors (Lipinski definition) is 1. The molecule has 2 aromatic carbocycles. The van der Waals surface area contributed by atoms with Crippen LogP contribution in [0.25, 0.3) is 22.4 Å². The second-order valence-corrected chi connectivity index (χ2v) is 6.27. The van der Waals surface area contributed by atoms with Crippen molar-refractivity contribution >= 4 is 42.9 Å². The first-order valence-electron chi connectivity index (χ1n) is 5.87. The molecule has 0 saturated heterocycles. The Morgan fingerprint density at radius 2 is 1.62 bits per heavy atom. The van der Waals surface area contributed by atoms with Gasteiger partial charge >= 0.3 is 6.18 Å². The lowest BCUT2D eigenvalue weighted by Gasteiger charge is -2.11. The van der Waals surface area contributed by atoms with Crippen LogP contribution >= 0.6 is 31.9 Å². The van der Waals surface area contributed by atoms with Gasteiger partial charge in [0.05, 0.1) is 16.6 Å². The predicted molar refractivity (Wildman–Crippen MR) is 81.9 cm³/mol. The van der Waals surface area contributed by atoms with Crippen molar-refractivity contribution in [3.63, 3.8) is 0 Å². The number of nitrogens with one attached hydrogen (secondary N) is 1. The Morgan fingerprint density at radius 1 is 0.952 bits per heavy atom. The Bertz CT molecular complexity index is 825. The van der Waals surface area contributed by atoms with Gasteiger partial charge in [0.2, 0.25) is 0 Å². The lowest BCUT2D eigenvalue weighted by atomic mass is 10.1. The van der Waals surface area contributed by atoms with E-state index in [1.54, 1.807) is 24.3 Å². The molecule has 108 valence electrons. The number of fused-ring (bicyclic) bond motifs is 1. The van der Waals surface area contributed by atoms with Crippen LogP contribution in [0.4, 0.5) is 13.2 Å². The first-order chi connectivity index (χ1) is 9.84. The summed E-state index contributed by atoms with van der Waals surface area (Å²) in [6, 6.07) is 9.33. The van der Waals surface area contributed by atoms with E-state index >= 15 is 0 Å². The lowest BCUT2D eigenvalue weighted by Crippen LogP contribution is -2.07. The van der Waals surface area contributed by atoms with Gasteiger partial charge in [0, 0.05) is 14.5 Å². The molecule has 0 aliphatic carbocycles. The minimum Gasteiger partial charge on any atom is -0.338 e. The number of imidazole rings is 1. The summed E-state index contributed by atoms with van der Waals surface area (Å²) in [7, 11) is 0. The van der Waals surface area contributed by atoms with E-state index in [4.69, 9.17) is 0 Å². The molecular weight excluding hydrogens is 413 g/mol. The van der Waals surface area contributed by atoms with Gasteiger partial charge in [-0.3, -0.25) is 0 Å². The van der Waals surface area contributed by atoms with Crippen molar-refractivity contribution < 1.29 is 13.2 Å². The molecule has 0 amide bonds. The van der Waals surface area contributed by atoms with Crippen molar-refractivity contribution in [2.24, 2.45) is 0 Å². The van der Waals surface area contributed by atoms with Crippen molar-refractivity contribution in [1.82, 2.24) is 9.97 Å². The molecule has 3 rings (SSSR count). The van der Waals surface area contributed by atoms with E-state index in [2.05, 4.69) is 41.8 Å². The summed E-state index contributed by atoms with van der Waals surface area (Å²) in [6.45, 7) is 0. The van der Waals surface area contributed by atoms with Gasteiger partial charge in [0.1, 0.15) is 5.82 Å². The number of alkyl halides is 3. The monoisotopic (exact) mass is 418 g/mol. The van der Waals surface area contributed by atoms with E-state index in [9.17, 15) is 13.2 Å². The van der Waals surface area contributed by atoms with E-state index in [0.29, 0.717) is 15.5 Å². The Kier molecular flexibility index (Phi) is 3.57. The molecule has 1 heterocycles. The molecule has 21 heavy (non-hydrogen) atoms. The number of benzene rings is 2. The van der Waals surface area contributed by atoms with Crippen molar-refractivity contribution in [3.8, 4) is 11.4 Å². The standard InChI is InChI=1S/C14H7Br2F3N2/c15-7-1-3-9(10(5-7)14(17,18)19)13-20-11-4-2-8(16)6-12(11)21-13/h1-6H,(H,20,21). The zero-order valence-electron chi connectivity index (χ0n) is 10.3. The highest BCUT2D eigenvalue weighted by molar-refractivity contribution is 9.10. The van der Waals surface area contributed by atoms with Crippen LogP contribution in [0.3, 0.4) is 0 Å². The molecule has 1 N–H and O–H groups in total. The van der Waals surface area contributed by atoms with Crippen molar-refractivity contribution in [1.29, 1.82) is 0 Å². The van der Waals surface area contributed by atoms with E-state index in [1.165, 1.54) is 6.07 Å². The molecule has 0 aliphatic heterocycles. The van der Waals surface area contributed by atoms with Gasteiger partial charge in [0.15, 0.2) is 0 Å². The highest BCUT2D eigenvalue weighted by Crippen LogP contribution is 2.38. The molecule has 0 radical (unpaired) electrons. The van der Waals surface area contributed by atoms with Gasteiger partial charge in [-0.15, -0.1) is 0 Å². The molecule has 1 aromatic heterocycles. The SMILES string of the molecule is FC(F)(F)c1cc(Br)ccc1-c1nc2ccc(Br)cc2[nH]1. The normalized spacial score (nSPS) is 12.0. The second kappa shape index (κ2) is 5.14. The van der Waals surface area contributed by atoms with Gasteiger partial charge < -0.3 is 4.98 Å². The Hall–Kier alpha value is -1.34. The van der Waals surface area contributed by atoms with Crippen LogP contribution in [0.15, 0.2) is 45.3 Å². The van der Waals surface area contributed by atoms with Gasteiger partial charge in [-0.05, 0) is 36.4 Å². The topological polar surface area (TPSA) is 28.7 Å². The lowest BCUT2D eigenvalue weighted by molar-refractivity contribution is -0.137. The first-order valence-corrected chi connectivity index (χ1v) is 7.45. The van der Waals surface area contributed by atoms with E-state index < -0.39 is 11.7 Å². The largest absolute Gasteiger partial charge is 0.417 e. The van der Waals surface area contributed by atoms with Crippen LogP contribution in [-0.2, 0) is 6.18 Å². The number of aromatic amines is 1. The highest BCUT2D eigenvalue weighted by atomic mass is 79.9. The average Bonchev–Trinajstić information content (AvgIpc) is 2.80. The molecule has 3 aromatic rings. The molecule has 7 heteroatoms. The third kappa shape index (κ3) is 2.85. The minimum atomic E-state index is -4.45. The van der Waals surface area contributed by atoms with Crippen LogP contribution in [0, 0.1) is 0 Å². The fourth-order valence-electron chi connectivity index (χ4n) is 2.07. The maximum absolute atomic E-state index is 13.2. The van der Waals surface area contributed by atoms with Gasteiger partial charge in [0.25, 0.3) is 0 Å². The Labute approximate surface area is 134 Å². The predicted octanol–water partition coefficient (Wildman–Crippen LogP) is 5.77. The number of rotatable bonds is 1. The molecule has 0 fully saturated rings. The summed E-state index contributed by atoms with van der Waals surface area (Å²) in [5, 5.41) is 0. The van der Waals surface area contributed by atoms with E-state index in [1.807, 2.05) is 0 Å². The second-order valence-electron chi connectivity index (χ2n) is 4.43. The highest BCUT2D eigenvalue weighted by Gasteiger charge is 2.34. The maximum atomic E-state index is 13.2. The molecule has 0 spiro atoms. The van der Waals surface area contributed by atoms with Crippen molar-refractivity contribution in [2.45, 2.75) is 6.18 Å². The van der Waals surface area contributed by atoms with Crippen molar-refractivity contribution in [2.75, 3.05) is 0 Å². The zero-order chi connectivity index (χ0) is 15.2. The van der Waals surface area contributed by atoms with Crippen molar-refractivity contribution in [3.05, 3.63) is 50.9 Å². The number of hydrogen-bond acceptors (Lipinski definition) is 1. The van der Waals surface area contributed by atoms with Crippen LogP contribution in [-0.4, -0.2) is 9.97 Å². The minimum absolute atomic E-state index is 0.0259. The first kappa shape index (κ1) is 14.6. The number of H-pyrrole nitrogens is 1. The zero-order valence-corrected chi connectivity index (χ0v) is 13.5. The molecule has 0 aliphatic rings. The summed E-state index contributed by atoms with van der Waals surface area (Å²) in [6.07, 6.45) is -4.45. The van der Waals surface area contributed by atoms with Crippen LogP contribution < -0.4 is 0 Å². The van der Waals surface area contributed by atoms with E-state index in [-0.39, 0.29) is 11.4 Å². The van der Waals surface area contributed by atoms with Gasteiger partial charge in [-0.2, -0.15) is 13.2 Å². The summed E-state index contributed by atoms with van der Waals surface area (Å²) in [5.74, 6) is 0.197. The maximum Gasteiger partial charge on any atom is 0.417 e. The summed E-state index contributed by atoms with van der Waals surface area (Å²) < 4.78 is 40.7. The Balaban J connectivity index is 2.22. The molecule has 0 unspecified atom stereocenters. The number of nitrogens with zero attached hydrogens (tertiary/aromatic N) is 1. The van der Waals surface area contributed by atoms with Crippen LogP contribution in [0.5, 0.6) is 0 Å². The molecule has 0 saturated carbocycles. The van der Waals surface area contributed by atoms with Gasteiger partial charge in [-0.25, -0.2) is 4.98 Å². The fourth-order valence-corrected chi connectivity index (χ4v) is 2.79. The molecule has 2 nitrogen and oxygen atoms in total. The number of halogens is 5. The molecule has 0 atom stereocenters. The van der Waals surface area contributed by atoms with Crippen LogP contribution in [0.2, 0.25) is 0 Å². The van der Waals surface area contributed by atoms with Crippen LogP contribution in [0.1, 0.15) is 5.56 Å². The third-order valence-corrected chi connectivity index (χ3v) is 3.97. The third-order valence-electron chi connectivity index (χ3n) is 2.99. The Morgan fingerprint density at radius 3 is 2.33 bits per heavy atom. The average molecular weight is 420 g/mol. The molecular formula is C14H7Br2F3N2. The summed E-state index contributed by atoms with van der Waals surface area (Å²) in [4.78, 5) is 7.16. The summed E-state index contributed by atoms with van der Waals surface area (Å²) >= 11 is 6.39. The summed E-state index contributed by atoms with van der Waals surface area (Å²) in [5.41, 5.74) is 0.590. The molecule has 0 bridgehead atoms. The quantitative estimate of drug-likeness (QED) is 0.532. The fraction of sp³-hybridized carbons (Fsp3) is 0.0714. The smallest absolute Gasteiger partial charge is 0.338 e. The number of aromatic nitrogens is 2. The van der Waals surface area contributed by atoms with Gasteiger partial charge in [-0.1, -0.05) is 31.9 Å². The van der Waals surface area contributed by atoms with E-state index in [0.717, 1.165) is 10.5 Å².